The third-order valence-corrected chi connectivity index (χ3v) is 6.08. The van der Waals surface area contributed by atoms with Crippen LogP contribution in [0.1, 0.15) is 54.4 Å². The molecule has 0 radical (unpaired) electrons. The molecule has 10 nitrogen and oxygen atoms in total. The summed E-state index contributed by atoms with van der Waals surface area (Å²) in [5.74, 6) is -1.10. The third-order valence-electron chi connectivity index (χ3n) is 6.08. The SMILES string of the molecule is CCOc1ccccc1OCC1CC(C(=O)OC(C)OC(=O)[C@@H](NC(=O)[C@@H](N)C(C)C)C(C)C)CCO1. The molecule has 0 aromatic heterocycles. The topological polar surface area (TPSA) is 135 Å². The molecule has 3 unspecified atom stereocenters. The summed E-state index contributed by atoms with van der Waals surface area (Å²) in [4.78, 5) is 37.8. The van der Waals surface area contributed by atoms with Crippen LogP contribution < -0.4 is 20.5 Å². The van der Waals surface area contributed by atoms with Gasteiger partial charge in [0.15, 0.2) is 11.5 Å². The highest BCUT2D eigenvalue weighted by Gasteiger charge is 2.33. The van der Waals surface area contributed by atoms with Crippen LogP contribution in [0.25, 0.3) is 0 Å². The number of hydrogen-bond acceptors (Lipinski definition) is 9. The first-order valence-electron chi connectivity index (χ1n) is 13.0. The molecule has 1 aliphatic heterocycles. The van der Waals surface area contributed by atoms with Gasteiger partial charge in [-0.1, -0.05) is 39.8 Å². The van der Waals surface area contributed by atoms with E-state index in [1.807, 2.05) is 45.0 Å². The van der Waals surface area contributed by atoms with E-state index in [1.54, 1.807) is 13.8 Å². The Morgan fingerprint density at radius 2 is 1.68 bits per heavy atom. The predicted molar refractivity (Wildman–Crippen MR) is 137 cm³/mol. The van der Waals surface area contributed by atoms with Gasteiger partial charge in [-0.2, -0.15) is 0 Å². The first kappa shape index (κ1) is 30.4. The number of carbonyl (C=O) groups excluding carboxylic acids is 3. The first-order valence-corrected chi connectivity index (χ1v) is 13.0. The molecule has 5 atom stereocenters. The van der Waals surface area contributed by atoms with Crippen molar-refractivity contribution < 1.29 is 38.1 Å². The molecule has 10 heteroatoms. The van der Waals surface area contributed by atoms with Crippen molar-refractivity contribution in [3.63, 3.8) is 0 Å². The van der Waals surface area contributed by atoms with Crippen LogP contribution in [0.4, 0.5) is 0 Å². The van der Waals surface area contributed by atoms with E-state index in [4.69, 9.17) is 29.4 Å². The Bertz CT molecular complexity index is 891. The molecule has 1 aliphatic rings. The minimum atomic E-state index is -1.12. The molecule has 1 aromatic carbocycles. The van der Waals surface area contributed by atoms with Crippen LogP contribution in [-0.2, 0) is 28.6 Å². The lowest BCUT2D eigenvalue weighted by molar-refractivity contribution is -0.192. The van der Waals surface area contributed by atoms with E-state index in [0.29, 0.717) is 37.6 Å². The van der Waals surface area contributed by atoms with E-state index < -0.39 is 42.1 Å². The van der Waals surface area contributed by atoms with Gasteiger partial charge in [0, 0.05) is 13.5 Å². The fraction of sp³-hybridized carbons (Fsp3) is 0.667. The second kappa shape index (κ2) is 14.8. The molecule has 0 saturated carbocycles. The van der Waals surface area contributed by atoms with Gasteiger partial charge < -0.3 is 34.7 Å². The van der Waals surface area contributed by atoms with Gasteiger partial charge in [-0.05, 0) is 43.7 Å². The molecule has 0 spiro atoms. The Morgan fingerprint density at radius 1 is 1.03 bits per heavy atom. The zero-order valence-corrected chi connectivity index (χ0v) is 22.7. The number of esters is 2. The summed E-state index contributed by atoms with van der Waals surface area (Å²) in [5, 5.41) is 2.65. The van der Waals surface area contributed by atoms with Crippen molar-refractivity contribution in [1.29, 1.82) is 0 Å². The highest BCUT2D eigenvalue weighted by atomic mass is 16.7. The standard InChI is InChI=1S/C27H42N2O8/c1-7-33-21-10-8-9-11-22(21)35-15-20-14-19(12-13-34-20)26(31)36-18(6)37-27(32)24(17(4)5)29-25(30)23(28)16(2)3/h8-11,16-20,23-24H,7,12-15,28H2,1-6H3,(H,29,30)/t18?,19?,20?,23-,24-/m0/s1. The Morgan fingerprint density at radius 3 is 2.27 bits per heavy atom. The summed E-state index contributed by atoms with van der Waals surface area (Å²) in [7, 11) is 0. The minimum Gasteiger partial charge on any atom is -0.490 e. The zero-order chi connectivity index (χ0) is 27.5. The quantitative estimate of drug-likeness (QED) is 0.296. The monoisotopic (exact) mass is 522 g/mol. The molecule has 3 N–H and O–H groups in total. The highest BCUT2D eigenvalue weighted by Crippen LogP contribution is 2.28. The number of hydrogen-bond donors (Lipinski definition) is 2. The van der Waals surface area contributed by atoms with Gasteiger partial charge in [-0.3, -0.25) is 9.59 Å². The molecular formula is C27H42N2O8. The van der Waals surface area contributed by atoms with E-state index >= 15 is 0 Å². The molecular weight excluding hydrogens is 480 g/mol. The van der Waals surface area contributed by atoms with Crippen LogP contribution in [0.2, 0.25) is 0 Å². The van der Waals surface area contributed by atoms with Crippen LogP contribution in [-0.4, -0.2) is 62.1 Å². The summed E-state index contributed by atoms with van der Waals surface area (Å²) in [6.45, 7) is 11.7. The molecule has 0 bridgehead atoms. The van der Waals surface area contributed by atoms with E-state index in [2.05, 4.69) is 5.32 Å². The molecule has 1 saturated heterocycles. The number of ether oxygens (including phenoxy) is 5. The maximum Gasteiger partial charge on any atom is 0.331 e. The predicted octanol–water partition coefficient (Wildman–Crippen LogP) is 2.82. The minimum absolute atomic E-state index is 0.0863. The Kier molecular flexibility index (Phi) is 12.1. The van der Waals surface area contributed by atoms with Crippen molar-refractivity contribution >= 4 is 17.8 Å². The lowest BCUT2D eigenvalue weighted by atomic mass is 9.96. The van der Waals surface area contributed by atoms with E-state index in [9.17, 15) is 14.4 Å². The maximum atomic E-state index is 12.8. The smallest absolute Gasteiger partial charge is 0.331 e. The summed E-state index contributed by atoms with van der Waals surface area (Å²) in [5.41, 5.74) is 5.89. The summed E-state index contributed by atoms with van der Waals surface area (Å²) < 4.78 is 28.0. The van der Waals surface area contributed by atoms with Gasteiger partial charge in [-0.15, -0.1) is 0 Å². The van der Waals surface area contributed by atoms with Gasteiger partial charge >= 0.3 is 11.9 Å². The number of nitrogens with two attached hydrogens (primary N) is 1. The molecule has 37 heavy (non-hydrogen) atoms. The number of carbonyl (C=O) groups is 3. The second-order valence-corrected chi connectivity index (χ2v) is 9.85. The average Bonchev–Trinajstić information content (AvgIpc) is 2.86. The maximum absolute atomic E-state index is 12.8. The molecule has 2 rings (SSSR count). The molecule has 1 fully saturated rings. The van der Waals surface area contributed by atoms with Gasteiger partial charge in [0.25, 0.3) is 0 Å². The van der Waals surface area contributed by atoms with E-state index in [0.717, 1.165) is 0 Å². The third kappa shape index (κ3) is 9.51. The van der Waals surface area contributed by atoms with Crippen molar-refractivity contribution in [3.8, 4) is 11.5 Å². The molecule has 1 amide bonds. The van der Waals surface area contributed by atoms with Crippen molar-refractivity contribution in [2.24, 2.45) is 23.5 Å². The van der Waals surface area contributed by atoms with Gasteiger partial charge in [-0.25, -0.2) is 4.79 Å². The lowest BCUT2D eigenvalue weighted by Gasteiger charge is -2.29. The first-order chi connectivity index (χ1) is 17.5. The van der Waals surface area contributed by atoms with Crippen LogP contribution in [0.3, 0.4) is 0 Å². The van der Waals surface area contributed by atoms with Crippen molar-refractivity contribution in [3.05, 3.63) is 24.3 Å². The zero-order valence-electron chi connectivity index (χ0n) is 22.7. The summed E-state index contributed by atoms with van der Waals surface area (Å²) in [6.07, 6.45) is -0.519. The summed E-state index contributed by atoms with van der Waals surface area (Å²) >= 11 is 0. The van der Waals surface area contributed by atoms with E-state index in [1.165, 1.54) is 6.92 Å². The van der Waals surface area contributed by atoms with Crippen molar-refractivity contribution in [1.82, 2.24) is 5.32 Å². The normalized spacial score (nSPS) is 20.0. The van der Waals surface area contributed by atoms with Crippen LogP contribution in [0, 0.1) is 17.8 Å². The second-order valence-electron chi connectivity index (χ2n) is 9.85. The van der Waals surface area contributed by atoms with Crippen molar-refractivity contribution in [2.45, 2.75) is 78.9 Å². The molecule has 1 aromatic rings. The number of para-hydroxylation sites is 2. The van der Waals surface area contributed by atoms with Crippen LogP contribution in [0.15, 0.2) is 24.3 Å². The number of rotatable bonds is 13. The lowest BCUT2D eigenvalue weighted by Crippen LogP contribution is -2.53. The van der Waals surface area contributed by atoms with Gasteiger partial charge in [0.05, 0.1) is 24.7 Å². The van der Waals surface area contributed by atoms with Gasteiger partial charge in [0.2, 0.25) is 12.2 Å². The molecule has 0 aliphatic carbocycles. The Balaban J connectivity index is 1.87. The molecule has 208 valence electrons. The number of nitrogens with one attached hydrogen (secondary N) is 1. The molecule has 1 heterocycles. The van der Waals surface area contributed by atoms with Gasteiger partial charge in [0.1, 0.15) is 12.6 Å². The largest absolute Gasteiger partial charge is 0.490 e. The summed E-state index contributed by atoms with van der Waals surface area (Å²) in [6, 6.07) is 5.71. The Hall–Kier alpha value is -2.85. The fourth-order valence-electron chi connectivity index (χ4n) is 3.81. The van der Waals surface area contributed by atoms with Crippen molar-refractivity contribution in [2.75, 3.05) is 19.8 Å². The van der Waals surface area contributed by atoms with Crippen LogP contribution >= 0.6 is 0 Å². The van der Waals surface area contributed by atoms with E-state index in [-0.39, 0.29) is 24.5 Å². The highest BCUT2D eigenvalue weighted by molar-refractivity contribution is 5.87. The number of amides is 1. The average molecular weight is 523 g/mol. The fourth-order valence-corrected chi connectivity index (χ4v) is 3.81. The van der Waals surface area contributed by atoms with Crippen LogP contribution in [0.5, 0.6) is 11.5 Å². The Labute approximate surface area is 219 Å². The number of benzene rings is 1.